The molecule has 0 N–H and O–H groups in total. The molecule has 4 rings (SSSR count). The molecule has 4 aromatic rings. The molecule has 0 aliphatic rings. The minimum atomic E-state index is 0.535. The Morgan fingerprint density at radius 1 is 0.897 bits per heavy atom. The maximum Gasteiger partial charge on any atom is 0.196 e. The second-order valence-electron chi connectivity index (χ2n) is 7.04. The highest BCUT2D eigenvalue weighted by atomic mass is 35.5. The lowest BCUT2D eigenvalue weighted by atomic mass is 10.0. The third-order valence-electron chi connectivity index (χ3n) is 4.67. The molecule has 0 spiro atoms. The topological polar surface area (TPSA) is 43.6 Å². The summed E-state index contributed by atoms with van der Waals surface area (Å²) in [7, 11) is 0. The van der Waals surface area contributed by atoms with Crippen molar-refractivity contribution < 1.29 is 0 Å². The van der Waals surface area contributed by atoms with Gasteiger partial charge in [-0.2, -0.15) is 0 Å². The molecule has 2 aromatic carbocycles. The first-order valence-corrected chi connectivity index (χ1v) is 10.8. The van der Waals surface area contributed by atoms with Gasteiger partial charge in [0, 0.05) is 34.4 Å². The maximum absolute atomic E-state index is 6.09. The Balaban J connectivity index is 1.66. The molecule has 0 saturated carbocycles. The summed E-state index contributed by atoms with van der Waals surface area (Å²) in [6, 6.07) is 20.4. The summed E-state index contributed by atoms with van der Waals surface area (Å²) in [4.78, 5) is 4.11. The van der Waals surface area contributed by atoms with Gasteiger partial charge in [-0.3, -0.25) is 9.55 Å². The molecule has 2 aromatic heterocycles. The van der Waals surface area contributed by atoms with Crippen LogP contribution >= 0.6 is 23.4 Å². The fraction of sp³-hybridized carbons (Fsp3) is 0.174. The highest BCUT2D eigenvalue weighted by Gasteiger charge is 2.16. The molecular formula is C23H21ClN4S. The quantitative estimate of drug-likeness (QED) is 0.338. The molecule has 0 bridgehead atoms. The van der Waals surface area contributed by atoms with Gasteiger partial charge in [0.25, 0.3) is 0 Å². The zero-order valence-corrected chi connectivity index (χ0v) is 17.9. The van der Waals surface area contributed by atoms with Crippen molar-refractivity contribution in [3.63, 3.8) is 0 Å². The first-order chi connectivity index (χ1) is 14.1. The van der Waals surface area contributed by atoms with Gasteiger partial charge in [-0.05, 0) is 53.4 Å². The van der Waals surface area contributed by atoms with Gasteiger partial charge in [0.15, 0.2) is 11.0 Å². The minimum Gasteiger partial charge on any atom is -0.270 e. The van der Waals surface area contributed by atoms with E-state index in [1.165, 1.54) is 11.1 Å². The van der Waals surface area contributed by atoms with Crippen molar-refractivity contribution in [1.29, 1.82) is 0 Å². The van der Waals surface area contributed by atoms with E-state index >= 15 is 0 Å². The van der Waals surface area contributed by atoms with Gasteiger partial charge in [0.2, 0.25) is 0 Å². The highest BCUT2D eigenvalue weighted by molar-refractivity contribution is 7.98. The van der Waals surface area contributed by atoms with Crippen molar-refractivity contribution in [2.24, 2.45) is 0 Å². The summed E-state index contributed by atoms with van der Waals surface area (Å²) in [5.74, 6) is 2.14. The number of rotatable bonds is 6. The molecule has 6 heteroatoms. The van der Waals surface area contributed by atoms with Crippen molar-refractivity contribution in [2.45, 2.75) is 30.7 Å². The Bertz CT molecular complexity index is 1070. The number of thioether (sulfide) groups is 1. The first-order valence-electron chi connectivity index (χ1n) is 9.45. The molecular weight excluding hydrogens is 400 g/mol. The Morgan fingerprint density at radius 2 is 1.59 bits per heavy atom. The van der Waals surface area contributed by atoms with Crippen LogP contribution in [0.3, 0.4) is 0 Å². The van der Waals surface area contributed by atoms with E-state index in [4.69, 9.17) is 11.6 Å². The van der Waals surface area contributed by atoms with Gasteiger partial charge >= 0.3 is 0 Å². The molecule has 0 fully saturated rings. The third kappa shape index (κ3) is 4.52. The molecule has 2 heterocycles. The van der Waals surface area contributed by atoms with Crippen LogP contribution in [0.15, 0.2) is 78.2 Å². The zero-order chi connectivity index (χ0) is 20.2. The van der Waals surface area contributed by atoms with E-state index in [0.29, 0.717) is 10.9 Å². The van der Waals surface area contributed by atoms with E-state index in [2.05, 4.69) is 57.9 Å². The summed E-state index contributed by atoms with van der Waals surface area (Å²) < 4.78 is 2.07. The first kappa shape index (κ1) is 19.7. The van der Waals surface area contributed by atoms with Crippen molar-refractivity contribution in [2.75, 3.05) is 0 Å². The summed E-state index contributed by atoms with van der Waals surface area (Å²) in [5, 5.41) is 10.5. The van der Waals surface area contributed by atoms with E-state index in [-0.39, 0.29) is 0 Å². The number of hydrogen-bond acceptors (Lipinski definition) is 4. The van der Waals surface area contributed by atoms with Crippen LogP contribution in [-0.4, -0.2) is 19.7 Å². The lowest BCUT2D eigenvalue weighted by Gasteiger charge is -2.11. The summed E-state index contributed by atoms with van der Waals surface area (Å²) in [6.07, 6.45) is 3.53. The monoisotopic (exact) mass is 420 g/mol. The van der Waals surface area contributed by atoms with Crippen LogP contribution in [-0.2, 0) is 5.75 Å². The molecule has 0 amide bonds. The average molecular weight is 421 g/mol. The van der Waals surface area contributed by atoms with Gasteiger partial charge in [0.05, 0.1) is 0 Å². The van der Waals surface area contributed by atoms with Crippen LogP contribution in [0.1, 0.15) is 30.9 Å². The molecule has 0 unspecified atom stereocenters. The molecule has 0 saturated heterocycles. The zero-order valence-electron chi connectivity index (χ0n) is 16.3. The van der Waals surface area contributed by atoms with Crippen molar-refractivity contribution in [3.05, 3.63) is 89.2 Å². The number of benzene rings is 2. The third-order valence-corrected chi connectivity index (χ3v) is 5.92. The van der Waals surface area contributed by atoms with Crippen LogP contribution in [0.5, 0.6) is 0 Å². The number of pyridine rings is 1. The number of nitrogens with zero attached hydrogens (tertiary/aromatic N) is 4. The summed E-state index contributed by atoms with van der Waals surface area (Å²) in [6.45, 7) is 4.41. The molecule has 146 valence electrons. The fourth-order valence-electron chi connectivity index (χ4n) is 3.02. The summed E-state index contributed by atoms with van der Waals surface area (Å²) >= 11 is 7.76. The number of halogens is 1. The second-order valence-corrected chi connectivity index (χ2v) is 8.42. The molecule has 0 radical (unpaired) electrons. The normalized spacial score (nSPS) is 11.2. The minimum absolute atomic E-state index is 0.535. The van der Waals surface area contributed by atoms with Crippen molar-refractivity contribution in [1.82, 2.24) is 19.7 Å². The maximum atomic E-state index is 6.09. The number of hydrogen-bond donors (Lipinski definition) is 0. The lowest BCUT2D eigenvalue weighted by Crippen LogP contribution is -2.00. The van der Waals surface area contributed by atoms with Crippen LogP contribution < -0.4 is 0 Å². The van der Waals surface area contributed by atoms with Gasteiger partial charge in [-0.25, -0.2) is 0 Å². The molecule has 0 atom stereocenters. The van der Waals surface area contributed by atoms with E-state index in [9.17, 15) is 0 Å². The van der Waals surface area contributed by atoms with Crippen LogP contribution in [0.4, 0.5) is 0 Å². The smallest absolute Gasteiger partial charge is 0.196 e. The van der Waals surface area contributed by atoms with Gasteiger partial charge in [-0.15, -0.1) is 10.2 Å². The largest absolute Gasteiger partial charge is 0.270 e. The van der Waals surface area contributed by atoms with Crippen molar-refractivity contribution in [3.8, 4) is 17.1 Å². The van der Waals surface area contributed by atoms with Crippen LogP contribution in [0.25, 0.3) is 17.1 Å². The van der Waals surface area contributed by atoms with Gasteiger partial charge in [-0.1, -0.05) is 61.5 Å². The number of aromatic nitrogens is 4. The molecule has 0 aliphatic carbocycles. The second kappa shape index (κ2) is 8.80. The Kier molecular flexibility index (Phi) is 5.97. The van der Waals surface area contributed by atoms with E-state index in [1.54, 1.807) is 24.2 Å². The predicted octanol–water partition coefficient (Wildman–Crippen LogP) is 6.40. The fourth-order valence-corrected chi connectivity index (χ4v) is 4.05. The molecule has 4 nitrogen and oxygen atoms in total. The Morgan fingerprint density at radius 3 is 2.24 bits per heavy atom. The van der Waals surface area contributed by atoms with Gasteiger partial charge < -0.3 is 0 Å². The molecule has 29 heavy (non-hydrogen) atoms. The molecule has 0 aliphatic heterocycles. The van der Waals surface area contributed by atoms with E-state index in [1.807, 2.05) is 36.4 Å². The predicted molar refractivity (Wildman–Crippen MR) is 120 cm³/mol. The van der Waals surface area contributed by atoms with Crippen molar-refractivity contribution >= 4 is 23.4 Å². The SMILES string of the molecule is CC(C)c1ccc(CSc2nnc(-c3ccncc3)n2-c2ccc(Cl)cc2)cc1. The van der Waals surface area contributed by atoms with E-state index < -0.39 is 0 Å². The highest BCUT2D eigenvalue weighted by Crippen LogP contribution is 2.30. The standard InChI is InChI=1S/C23H21ClN4S/c1-16(2)18-5-3-17(4-6-18)15-29-23-27-26-22(19-11-13-25-14-12-19)28(23)21-9-7-20(24)8-10-21/h3-14,16H,15H2,1-2H3. The summed E-state index contributed by atoms with van der Waals surface area (Å²) in [5.41, 5.74) is 4.55. The van der Waals surface area contributed by atoms with Crippen LogP contribution in [0.2, 0.25) is 5.02 Å². The Hall–Kier alpha value is -2.63. The van der Waals surface area contributed by atoms with Crippen LogP contribution in [0, 0.1) is 0 Å². The van der Waals surface area contributed by atoms with E-state index in [0.717, 1.165) is 28.0 Å². The average Bonchev–Trinajstić information content (AvgIpc) is 3.17. The van der Waals surface area contributed by atoms with Gasteiger partial charge in [0.1, 0.15) is 0 Å². The Labute approximate surface area is 180 Å². The lowest BCUT2D eigenvalue weighted by molar-refractivity contribution is 0.865.